The first-order valence-electron chi connectivity index (χ1n) is 6.50. The average Bonchev–Trinajstić information content (AvgIpc) is 2.79. The minimum Gasteiger partial charge on any atom is -0.306 e. The molecule has 1 aromatic rings. The normalized spacial score (nSPS) is 19.9. The van der Waals surface area contributed by atoms with Gasteiger partial charge in [0.15, 0.2) is 0 Å². The molecular formula is C13H22N2S. The van der Waals surface area contributed by atoms with Crippen LogP contribution in [0.2, 0.25) is 0 Å². The Morgan fingerprint density at radius 3 is 2.81 bits per heavy atom. The Balaban J connectivity index is 1.88. The monoisotopic (exact) mass is 238 g/mol. The second kappa shape index (κ2) is 5.78. The van der Waals surface area contributed by atoms with Crippen molar-refractivity contribution in [3.63, 3.8) is 0 Å². The average molecular weight is 238 g/mol. The van der Waals surface area contributed by atoms with Crippen molar-refractivity contribution in [3.8, 4) is 0 Å². The lowest BCUT2D eigenvalue weighted by Gasteiger charge is -2.25. The molecule has 0 aliphatic heterocycles. The SMILES string of the molecule is CCc1nc(C(C)NC2CCCCC2)cs1. The van der Waals surface area contributed by atoms with Crippen LogP contribution in [0, 0.1) is 0 Å². The molecule has 1 fully saturated rings. The highest BCUT2D eigenvalue weighted by atomic mass is 32.1. The van der Waals surface area contributed by atoms with Gasteiger partial charge in [-0.3, -0.25) is 0 Å². The van der Waals surface area contributed by atoms with Crippen LogP contribution in [0.15, 0.2) is 5.38 Å². The van der Waals surface area contributed by atoms with Gasteiger partial charge in [-0.25, -0.2) is 4.98 Å². The van der Waals surface area contributed by atoms with Crippen molar-refractivity contribution in [1.29, 1.82) is 0 Å². The van der Waals surface area contributed by atoms with Crippen LogP contribution in [0.1, 0.15) is 62.7 Å². The molecule has 0 aromatic carbocycles. The van der Waals surface area contributed by atoms with Gasteiger partial charge >= 0.3 is 0 Å². The summed E-state index contributed by atoms with van der Waals surface area (Å²) in [4.78, 5) is 4.65. The third kappa shape index (κ3) is 3.05. The van der Waals surface area contributed by atoms with Crippen molar-refractivity contribution < 1.29 is 0 Å². The number of aromatic nitrogens is 1. The molecule has 2 rings (SSSR count). The molecule has 3 heteroatoms. The van der Waals surface area contributed by atoms with Gasteiger partial charge in [0.1, 0.15) is 0 Å². The van der Waals surface area contributed by atoms with E-state index in [9.17, 15) is 0 Å². The van der Waals surface area contributed by atoms with E-state index in [1.165, 1.54) is 42.8 Å². The molecule has 90 valence electrons. The maximum atomic E-state index is 4.65. The van der Waals surface area contributed by atoms with Crippen LogP contribution in [0.3, 0.4) is 0 Å². The molecule has 0 spiro atoms. The zero-order chi connectivity index (χ0) is 11.4. The Hall–Kier alpha value is -0.410. The van der Waals surface area contributed by atoms with Gasteiger partial charge in [0.25, 0.3) is 0 Å². The summed E-state index contributed by atoms with van der Waals surface area (Å²) in [5.74, 6) is 0. The largest absolute Gasteiger partial charge is 0.306 e. The summed E-state index contributed by atoms with van der Waals surface area (Å²) in [6.45, 7) is 4.41. The Kier molecular flexibility index (Phi) is 4.36. The van der Waals surface area contributed by atoms with Crippen molar-refractivity contribution in [2.75, 3.05) is 0 Å². The number of nitrogens with one attached hydrogen (secondary N) is 1. The first kappa shape index (κ1) is 12.1. The van der Waals surface area contributed by atoms with E-state index in [1.807, 2.05) is 0 Å². The Morgan fingerprint density at radius 2 is 2.19 bits per heavy atom. The van der Waals surface area contributed by atoms with Crippen molar-refractivity contribution in [2.24, 2.45) is 0 Å². The summed E-state index contributed by atoms with van der Waals surface area (Å²) >= 11 is 1.79. The van der Waals surface area contributed by atoms with E-state index in [4.69, 9.17) is 0 Å². The standard InChI is InChI=1S/C13H22N2S/c1-3-13-15-12(9-16-13)10(2)14-11-7-5-4-6-8-11/h9-11,14H,3-8H2,1-2H3. The molecular weight excluding hydrogens is 216 g/mol. The van der Waals surface area contributed by atoms with Gasteiger partial charge in [0, 0.05) is 17.5 Å². The summed E-state index contributed by atoms with van der Waals surface area (Å²) in [7, 11) is 0. The van der Waals surface area contributed by atoms with E-state index < -0.39 is 0 Å². The van der Waals surface area contributed by atoms with Crippen LogP contribution in [-0.2, 0) is 6.42 Å². The van der Waals surface area contributed by atoms with E-state index in [2.05, 4.69) is 29.5 Å². The molecule has 1 saturated carbocycles. The fraction of sp³-hybridized carbons (Fsp3) is 0.769. The molecule has 1 aromatic heterocycles. The molecule has 1 atom stereocenters. The second-order valence-corrected chi connectivity index (χ2v) is 5.69. The van der Waals surface area contributed by atoms with Gasteiger partial charge in [-0.05, 0) is 26.2 Å². The number of hydrogen-bond acceptors (Lipinski definition) is 3. The summed E-state index contributed by atoms with van der Waals surface area (Å²) in [6, 6.07) is 1.13. The molecule has 2 nitrogen and oxygen atoms in total. The highest BCUT2D eigenvalue weighted by Gasteiger charge is 2.17. The molecule has 0 saturated heterocycles. The van der Waals surface area contributed by atoms with Crippen molar-refractivity contribution >= 4 is 11.3 Å². The smallest absolute Gasteiger partial charge is 0.0926 e. The highest BCUT2D eigenvalue weighted by molar-refractivity contribution is 7.09. The van der Waals surface area contributed by atoms with Crippen molar-refractivity contribution in [2.45, 2.75) is 64.5 Å². The van der Waals surface area contributed by atoms with Crippen LogP contribution < -0.4 is 5.32 Å². The fourth-order valence-electron chi connectivity index (χ4n) is 2.39. The third-order valence-corrected chi connectivity index (χ3v) is 4.42. The van der Waals surface area contributed by atoms with Crippen molar-refractivity contribution in [3.05, 3.63) is 16.1 Å². The van der Waals surface area contributed by atoms with E-state index in [1.54, 1.807) is 11.3 Å². The number of nitrogens with zero attached hydrogens (tertiary/aromatic N) is 1. The van der Waals surface area contributed by atoms with Gasteiger partial charge in [-0.1, -0.05) is 26.2 Å². The summed E-state index contributed by atoms with van der Waals surface area (Å²) in [5.41, 5.74) is 1.23. The molecule has 1 aliphatic carbocycles. The van der Waals surface area contributed by atoms with Gasteiger partial charge in [0.05, 0.1) is 10.7 Å². The Morgan fingerprint density at radius 1 is 1.44 bits per heavy atom. The first-order valence-corrected chi connectivity index (χ1v) is 7.38. The Labute approximate surface area is 102 Å². The van der Waals surface area contributed by atoms with Gasteiger partial charge < -0.3 is 5.32 Å². The van der Waals surface area contributed by atoms with E-state index in [0.717, 1.165) is 12.5 Å². The predicted octanol–water partition coefficient (Wildman–Crippen LogP) is 3.69. The van der Waals surface area contributed by atoms with Crippen LogP contribution in [0.25, 0.3) is 0 Å². The minimum atomic E-state index is 0.416. The molecule has 16 heavy (non-hydrogen) atoms. The topological polar surface area (TPSA) is 24.9 Å². The molecule has 1 heterocycles. The van der Waals surface area contributed by atoms with Crippen LogP contribution in [-0.4, -0.2) is 11.0 Å². The zero-order valence-corrected chi connectivity index (χ0v) is 11.1. The minimum absolute atomic E-state index is 0.416. The van der Waals surface area contributed by atoms with Gasteiger partial charge in [0.2, 0.25) is 0 Å². The maximum Gasteiger partial charge on any atom is 0.0926 e. The summed E-state index contributed by atoms with van der Waals surface area (Å²) in [5, 5.41) is 7.18. The van der Waals surface area contributed by atoms with Gasteiger partial charge in [-0.2, -0.15) is 0 Å². The molecule has 0 amide bonds. The lowest BCUT2D eigenvalue weighted by molar-refractivity contribution is 0.345. The lowest BCUT2D eigenvalue weighted by Crippen LogP contribution is -2.33. The van der Waals surface area contributed by atoms with E-state index in [0.29, 0.717) is 6.04 Å². The summed E-state index contributed by atoms with van der Waals surface area (Å²) < 4.78 is 0. The van der Waals surface area contributed by atoms with E-state index in [-0.39, 0.29) is 0 Å². The van der Waals surface area contributed by atoms with Crippen LogP contribution in [0.5, 0.6) is 0 Å². The predicted molar refractivity (Wildman–Crippen MR) is 69.9 cm³/mol. The fourth-order valence-corrected chi connectivity index (χ4v) is 3.23. The number of hydrogen-bond donors (Lipinski definition) is 1. The van der Waals surface area contributed by atoms with E-state index >= 15 is 0 Å². The maximum absolute atomic E-state index is 4.65. The highest BCUT2D eigenvalue weighted by Crippen LogP contribution is 2.22. The van der Waals surface area contributed by atoms with Gasteiger partial charge in [-0.15, -0.1) is 11.3 Å². The zero-order valence-electron chi connectivity index (χ0n) is 10.3. The first-order chi connectivity index (χ1) is 7.79. The molecule has 1 N–H and O–H groups in total. The van der Waals surface area contributed by atoms with Crippen LogP contribution in [0.4, 0.5) is 0 Å². The number of rotatable bonds is 4. The molecule has 1 aliphatic rings. The number of aryl methyl sites for hydroxylation is 1. The molecule has 1 unspecified atom stereocenters. The molecule has 0 radical (unpaired) electrons. The van der Waals surface area contributed by atoms with Crippen LogP contribution >= 0.6 is 11.3 Å². The van der Waals surface area contributed by atoms with Crippen molar-refractivity contribution in [1.82, 2.24) is 10.3 Å². The second-order valence-electron chi connectivity index (χ2n) is 4.74. The lowest BCUT2D eigenvalue weighted by atomic mass is 9.95. The third-order valence-electron chi connectivity index (χ3n) is 3.41. The number of thiazole rings is 1. The molecule has 0 bridgehead atoms. The summed E-state index contributed by atoms with van der Waals surface area (Å²) in [6.07, 6.45) is 7.94. The quantitative estimate of drug-likeness (QED) is 0.865. The Bertz CT molecular complexity index is 315.